The third-order valence-electron chi connectivity index (χ3n) is 6.86. The first-order chi connectivity index (χ1) is 19.3. The minimum Gasteiger partial charge on any atom is -0.394 e. The van der Waals surface area contributed by atoms with Crippen LogP contribution in [-0.4, -0.2) is 85.5 Å². The Morgan fingerprint density at radius 3 is 2.49 bits per heavy atom. The number of aromatic nitrogens is 1. The Morgan fingerprint density at radius 2 is 1.85 bits per heavy atom. The number of likely N-dealkylation sites (tertiary alicyclic amines) is 1. The molecule has 0 bridgehead atoms. The first-order valence-corrected chi connectivity index (χ1v) is 14.9. The van der Waals surface area contributed by atoms with E-state index in [0.717, 1.165) is 29.7 Å². The number of piperidine rings is 1. The fourth-order valence-electron chi connectivity index (χ4n) is 4.84. The lowest BCUT2D eigenvalue weighted by Crippen LogP contribution is -2.43. The highest BCUT2D eigenvalue weighted by Gasteiger charge is 2.30. The molecular weight excluding hydrogens is 564 g/mol. The lowest BCUT2D eigenvalue weighted by molar-refractivity contribution is -0.140. The summed E-state index contributed by atoms with van der Waals surface area (Å²) in [4.78, 5) is 1.89. The molecule has 0 aliphatic carbocycles. The van der Waals surface area contributed by atoms with Crippen molar-refractivity contribution in [1.82, 2.24) is 9.47 Å². The number of halogens is 4. The van der Waals surface area contributed by atoms with Crippen LogP contribution in [0.2, 0.25) is 0 Å². The maximum absolute atomic E-state index is 14.3. The number of hydrogen-bond donors (Lipinski definition) is 4. The largest absolute Gasteiger partial charge is 0.406 e. The number of aliphatic hydroxyl groups excluding tert-OH is 2. The van der Waals surface area contributed by atoms with Crippen molar-refractivity contribution in [2.45, 2.75) is 42.6 Å². The summed E-state index contributed by atoms with van der Waals surface area (Å²) in [6, 6.07) is 10.2. The fourth-order valence-corrected chi connectivity index (χ4v) is 5.48. The molecule has 0 amide bonds. The zero-order valence-electron chi connectivity index (χ0n) is 22.4. The molecule has 3 aromatic rings. The molecule has 1 fully saturated rings. The van der Waals surface area contributed by atoms with Crippen LogP contribution in [0.4, 0.5) is 28.9 Å². The summed E-state index contributed by atoms with van der Waals surface area (Å²) in [5.41, 5.74) is 1.22. The number of hydrogen-bond acceptors (Lipinski definition) is 7. The highest BCUT2D eigenvalue weighted by atomic mass is 32.2. The van der Waals surface area contributed by atoms with Crippen molar-refractivity contribution < 1.29 is 36.2 Å². The molecule has 2 aromatic carbocycles. The van der Waals surface area contributed by atoms with Gasteiger partial charge in [0, 0.05) is 43.0 Å². The van der Waals surface area contributed by atoms with Crippen LogP contribution in [0.15, 0.2) is 47.4 Å². The van der Waals surface area contributed by atoms with E-state index < -0.39 is 34.5 Å². The molecule has 0 saturated carbocycles. The second kappa shape index (κ2) is 12.7. The molecule has 8 nitrogen and oxygen atoms in total. The second-order valence-corrected chi connectivity index (χ2v) is 12.1. The first kappa shape index (κ1) is 30.6. The van der Waals surface area contributed by atoms with Crippen molar-refractivity contribution in [2.24, 2.45) is 0 Å². The number of sulfone groups is 1. The van der Waals surface area contributed by atoms with E-state index >= 15 is 0 Å². The van der Waals surface area contributed by atoms with Gasteiger partial charge in [0.25, 0.3) is 0 Å². The Labute approximate surface area is 235 Å². The minimum atomic E-state index is -4.49. The summed E-state index contributed by atoms with van der Waals surface area (Å²) in [7, 11) is -3.57. The smallest absolute Gasteiger partial charge is 0.394 e. The van der Waals surface area contributed by atoms with Gasteiger partial charge in [-0.05, 0) is 55.2 Å². The van der Waals surface area contributed by atoms with Crippen LogP contribution in [0.25, 0.3) is 10.9 Å². The lowest BCUT2D eigenvalue weighted by Gasteiger charge is -2.33. The van der Waals surface area contributed by atoms with Crippen LogP contribution in [0.3, 0.4) is 0 Å². The van der Waals surface area contributed by atoms with Gasteiger partial charge >= 0.3 is 6.18 Å². The molecule has 0 spiro atoms. The van der Waals surface area contributed by atoms with Crippen molar-refractivity contribution in [1.29, 1.82) is 0 Å². The summed E-state index contributed by atoms with van der Waals surface area (Å²) < 4.78 is 79.1. The van der Waals surface area contributed by atoms with Crippen LogP contribution < -0.4 is 10.6 Å². The Bertz CT molecular complexity index is 1540. The van der Waals surface area contributed by atoms with Gasteiger partial charge in [-0.3, -0.25) is 0 Å². The number of anilines is 2. The average Bonchev–Trinajstić information content (AvgIpc) is 3.24. The zero-order chi connectivity index (χ0) is 29.8. The van der Waals surface area contributed by atoms with Crippen molar-refractivity contribution in [3.8, 4) is 11.8 Å². The predicted molar refractivity (Wildman–Crippen MR) is 149 cm³/mol. The van der Waals surface area contributed by atoms with Gasteiger partial charge in [-0.2, -0.15) is 13.2 Å². The quantitative estimate of drug-likeness (QED) is 0.222. The van der Waals surface area contributed by atoms with Crippen LogP contribution >= 0.6 is 0 Å². The molecule has 13 heteroatoms. The van der Waals surface area contributed by atoms with E-state index in [1.165, 1.54) is 12.1 Å². The van der Waals surface area contributed by atoms with Crippen LogP contribution in [0.1, 0.15) is 18.5 Å². The van der Waals surface area contributed by atoms with Gasteiger partial charge in [0.05, 0.1) is 41.0 Å². The summed E-state index contributed by atoms with van der Waals surface area (Å²) in [6.45, 7) is 0.185. The molecule has 1 aliphatic heterocycles. The standard InChI is InChI=1S/C28H32F4N4O4S/c1-41(39,40)22-7-8-26(24(29)15-22)33-11-3-4-20-14-23-25(5-2-6-27(23)36(20)18-28(30,31)32)34-19-9-12-35(13-10-19)16-21(38)17-37/h2,5-8,14-15,19,21,33-34,37-38H,9-13,16-18H2,1H3. The third kappa shape index (κ3) is 8.13. The topological polar surface area (TPSA) is 107 Å². The van der Waals surface area contributed by atoms with E-state index in [-0.39, 0.29) is 35.5 Å². The maximum Gasteiger partial charge on any atom is 0.406 e. The number of alkyl halides is 3. The number of nitrogens with one attached hydrogen (secondary N) is 2. The second-order valence-electron chi connectivity index (χ2n) is 10.1. The van der Waals surface area contributed by atoms with Crippen LogP contribution in [-0.2, 0) is 16.4 Å². The number of nitrogens with zero attached hydrogens (tertiary/aromatic N) is 2. The van der Waals surface area contributed by atoms with Gasteiger partial charge in [-0.25, -0.2) is 12.8 Å². The third-order valence-corrected chi connectivity index (χ3v) is 7.97. The van der Waals surface area contributed by atoms with Gasteiger partial charge in [0.2, 0.25) is 0 Å². The van der Waals surface area contributed by atoms with Crippen molar-refractivity contribution in [3.05, 3.63) is 54.0 Å². The molecular formula is C28H32F4N4O4S. The van der Waals surface area contributed by atoms with E-state index in [9.17, 15) is 31.1 Å². The Kier molecular flexibility index (Phi) is 9.48. The van der Waals surface area contributed by atoms with Crippen molar-refractivity contribution in [3.63, 3.8) is 0 Å². The Morgan fingerprint density at radius 1 is 1.12 bits per heavy atom. The van der Waals surface area contributed by atoms with Crippen LogP contribution in [0, 0.1) is 17.7 Å². The maximum atomic E-state index is 14.3. The number of benzene rings is 2. The van der Waals surface area contributed by atoms with E-state index in [1.807, 2.05) is 6.07 Å². The fraction of sp³-hybridized carbons (Fsp3) is 0.429. The van der Waals surface area contributed by atoms with E-state index in [4.69, 9.17) is 5.11 Å². The van der Waals surface area contributed by atoms with E-state index in [2.05, 4.69) is 27.4 Å². The molecule has 4 rings (SSSR count). The SMILES string of the molecule is CS(=O)(=O)c1ccc(NCC#Cc2cc3c(NC4CCN(CC(O)CO)CC4)cccc3n2CC(F)(F)F)c(F)c1. The Hall–Kier alpha value is -3.31. The van der Waals surface area contributed by atoms with Crippen molar-refractivity contribution in [2.75, 3.05) is 49.7 Å². The van der Waals surface area contributed by atoms with E-state index in [1.54, 1.807) is 18.2 Å². The van der Waals surface area contributed by atoms with Crippen LogP contribution in [0.5, 0.6) is 0 Å². The molecule has 2 heterocycles. The molecule has 1 aromatic heterocycles. The van der Waals surface area contributed by atoms with Crippen molar-refractivity contribution >= 4 is 32.1 Å². The summed E-state index contributed by atoms with van der Waals surface area (Å²) >= 11 is 0. The zero-order valence-corrected chi connectivity index (χ0v) is 23.2. The number of aliphatic hydroxyl groups is 2. The highest BCUT2D eigenvalue weighted by molar-refractivity contribution is 7.90. The minimum absolute atomic E-state index is 0.0194. The summed E-state index contributed by atoms with van der Waals surface area (Å²) in [5.74, 6) is 4.72. The number of fused-ring (bicyclic) bond motifs is 1. The molecule has 1 unspecified atom stereocenters. The summed E-state index contributed by atoms with van der Waals surface area (Å²) in [6.07, 6.45) is -2.79. The van der Waals surface area contributed by atoms with Gasteiger partial charge in [0.15, 0.2) is 9.84 Å². The van der Waals surface area contributed by atoms with Gasteiger partial charge in [0.1, 0.15) is 12.4 Å². The average molecular weight is 597 g/mol. The number of β-amino-alcohol motifs (C(OH)–C–C–N with tert-alkyl or cyclic N) is 1. The molecule has 1 saturated heterocycles. The molecule has 41 heavy (non-hydrogen) atoms. The van der Waals surface area contributed by atoms with Gasteiger partial charge < -0.3 is 30.3 Å². The van der Waals surface area contributed by atoms with Gasteiger partial charge in [-0.15, -0.1) is 0 Å². The number of rotatable bonds is 9. The predicted octanol–water partition coefficient (Wildman–Crippen LogP) is 3.44. The monoisotopic (exact) mass is 596 g/mol. The molecule has 1 atom stereocenters. The summed E-state index contributed by atoms with van der Waals surface area (Å²) in [5, 5.41) is 25.5. The normalized spacial score (nSPS) is 15.9. The van der Waals surface area contributed by atoms with E-state index in [0.29, 0.717) is 36.2 Å². The molecule has 1 aliphatic rings. The highest BCUT2D eigenvalue weighted by Crippen LogP contribution is 2.31. The lowest BCUT2D eigenvalue weighted by atomic mass is 10.0. The molecule has 222 valence electrons. The molecule has 4 N–H and O–H groups in total. The first-order valence-electron chi connectivity index (χ1n) is 13.0. The molecule has 0 radical (unpaired) electrons. The Balaban J connectivity index is 1.52. The van der Waals surface area contributed by atoms with Gasteiger partial charge in [-0.1, -0.05) is 12.0 Å².